The van der Waals surface area contributed by atoms with E-state index in [-0.39, 0.29) is 11.7 Å². The Morgan fingerprint density at radius 1 is 1.36 bits per heavy atom. The van der Waals surface area contributed by atoms with Crippen LogP contribution in [0.5, 0.6) is 0 Å². The molecule has 2 aromatic rings. The molecule has 0 aliphatic heterocycles. The van der Waals surface area contributed by atoms with Gasteiger partial charge in [0.2, 0.25) is 20.9 Å². The minimum atomic E-state index is -3.82. The van der Waals surface area contributed by atoms with Gasteiger partial charge in [-0.3, -0.25) is 4.79 Å². The van der Waals surface area contributed by atoms with Crippen LogP contribution in [-0.4, -0.2) is 29.1 Å². The van der Waals surface area contributed by atoms with E-state index >= 15 is 0 Å². The maximum absolute atomic E-state index is 12.3. The fraction of sp³-hybridized carbons (Fsp3) is 0.286. The molecule has 1 aromatic carbocycles. The number of carbonyl (C=O) groups is 1. The summed E-state index contributed by atoms with van der Waals surface area (Å²) in [5.74, 6) is -0.571. The van der Waals surface area contributed by atoms with Gasteiger partial charge >= 0.3 is 0 Å². The molecule has 0 aliphatic carbocycles. The topological polar surface area (TPSA) is 81.1 Å². The Balaban J connectivity index is 2.06. The summed E-state index contributed by atoms with van der Waals surface area (Å²) in [6, 6.07) is 6.94. The van der Waals surface area contributed by atoms with Gasteiger partial charge in [0.25, 0.3) is 0 Å². The molecule has 0 spiro atoms. The molecule has 1 N–H and O–H groups in total. The van der Waals surface area contributed by atoms with Crippen LogP contribution in [0, 0.1) is 0 Å². The van der Waals surface area contributed by atoms with Crippen LogP contribution in [0.15, 0.2) is 41.8 Å². The van der Waals surface area contributed by atoms with E-state index < -0.39 is 21.0 Å². The molecule has 1 amide bonds. The summed E-state index contributed by atoms with van der Waals surface area (Å²) in [5, 5.41) is 1.86. The zero-order chi connectivity index (χ0) is 16.3. The first-order chi connectivity index (χ1) is 10.3. The summed E-state index contributed by atoms with van der Waals surface area (Å²) in [6.45, 7) is 1.58. The van der Waals surface area contributed by atoms with Crippen molar-refractivity contribution in [2.24, 2.45) is 7.05 Å². The van der Waals surface area contributed by atoms with Gasteiger partial charge in [-0.15, -0.1) is 0 Å². The summed E-state index contributed by atoms with van der Waals surface area (Å²) in [4.78, 5) is 15.9. The van der Waals surface area contributed by atoms with E-state index in [4.69, 9.17) is 11.6 Å². The van der Waals surface area contributed by atoms with Crippen molar-refractivity contribution in [1.29, 1.82) is 0 Å². The van der Waals surface area contributed by atoms with Crippen molar-refractivity contribution in [2.45, 2.75) is 23.9 Å². The van der Waals surface area contributed by atoms with Crippen LogP contribution in [-0.2, 0) is 28.2 Å². The van der Waals surface area contributed by atoms with Crippen molar-refractivity contribution < 1.29 is 13.2 Å². The zero-order valence-corrected chi connectivity index (χ0v) is 13.7. The molecule has 1 aromatic heterocycles. The molecule has 0 saturated carbocycles. The minimum absolute atomic E-state index is 0.123. The van der Waals surface area contributed by atoms with Gasteiger partial charge in [-0.05, 0) is 24.6 Å². The molecule has 0 bridgehead atoms. The predicted molar refractivity (Wildman–Crippen MR) is 83.2 cm³/mol. The first-order valence-electron chi connectivity index (χ1n) is 6.55. The number of hydrogen-bond acceptors (Lipinski definition) is 4. The van der Waals surface area contributed by atoms with Gasteiger partial charge in [-0.25, -0.2) is 13.4 Å². The molecule has 0 fully saturated rings. The number of aryl methyl sites for hydroxylation is 1. The molecular formula is C14H16ClN3O3S. The molecule has 1 unspecified atom stereocenters. The number of imidazole rings is 1. The van der Waals surface area contributed by atoms with Gasteiger partial charge in [0, 0.05) is 31.0 Å². The molecular weight excluding hydrogens is 326 g/mol. The molecule has 118 valence electrons. The van der Waals surface area contributed by atoms with Crippen LogP contribution in [0.2, 0.25) is 5.02 Å². The number of benzene rings is 1. The Bertz CT molecular complexity index is 769. The summed E-state index contributed by atoms with van der Waals surface area (Å²) in [6.07, 6.45) is 2.90. The summed E-state index contributed by atoms with van der Waals surface area (Å²) in [7, 11) is -2.25. The van der Waals surface area contributed by atoms with Gasteiger partial charge in [-0.2, -0.15) is 0 Å². The van der Waals surface area contributed by atoms with Gasteiger partial charge in [-0.1, -0.05) is 23.7 Å². The number of halogens is 1. The Morgan fingerprint density at radius 3 is 2.55 bits per heavy atom. The van der Waals surface area contributed by atoms with Crippen molar-refractivity contribution in [1.82, 2.24) is 14.9 Å². The van der Waals surface area contributed by atoms with Gasteiger partial charge < -0.3 is 9.88 Å². The number of sulfone groups is 1. The van der Waals surface area contributed by atoms with Gasteiger partial charge in [0.1, 0.15) is 5.25 Å². The lowest BCUT2D eigenvalue weighted by atomic mass is 10.2. The highest BCUT2D eigenvalue weighted by molar-refractivity contribution is 7.92. The smallest absolute Gasteiger partial charge is 0.238 e. The van der Waals surface area contributed by atoms with Crippen LogP contribution in [0.25, 0.3) is 0 Å². The van der Waals surface area contributed by atoms with Gasteiger partial charge in [0.15, 0.2) is 0 Å². The molecule has 2 rings (SSSR count). The summed E-state index contributed by atoms with van der Waals surface area (Å²) in [5.41, 5.74) is 0.833. The number of amides is 1. The molecule has 0 aliphatic rings. The van der Waals surface area contributed by atoms with E-state index in [1.807, 2.05) is 0 Å². The maximum atomic E-state index is 12.3. The molecule has 1 heterocycles. The highest BCUT2D eigenvalue weighted by Gasteiger charge is 2.32. The summed E-state index contributed by atoms with van der Waals surface area (Å²) < 4.78 is 26.1. The fourth-order valence-corrected chi connectivity index (χ4v) is 3.34. The second-order valence-electron chi connectivity index (χ2n) is 4.85. The largest absolute Gasteiger partial charge is 0.351 e. The average molecular weight is 342 g/mol. The highest BCUT2D eigenvalue weighted by atomic mass is 35.5. The van der Waals surface area contributed by atoms with Crippen molar-refractivity contribution in [2.75, 3.05) is 0 Å². The fourth-order valence-electron chi connectivity index (χ4n) is 1.86. The van der Waals surface area contributed by atoms with E-state index in [1.165, 1.54) is 23.9 Å². The second kappa shape index (κ2) is 6.50. The zero-order valence-electron chi connectivity index (χ0n) is 12.2. The molecule has 8 heteroatoms. The van der Waals surface area contributed by atoms with Crippen LogP contribution in [0.4, 0.5) is 0 Å². The van der Waals surface area contributed by atoms with E-state index in [9.17, 15) is 13.2 Å². The van der Waals surface area contributed by atoms with E-state index in [0.29, 0.717) is 5.02 Å². The van der Waals surface area contributed by atoms with Crippen molar-refractivity contribution in [3.63, 3.8) is 0 Å². The average Bonchev–Trinajstić information content (AvgIpc) is 2.92. The van der Waals surface area contributed by atoms with Crippen LogP contribution < -0.4 is 5.32 Å². The van der Waals surface area contributed by atoms with Crippen LogP contribution in [0.1, 0.15) is 12.5 Å². The molecule has 6 nitrogen and oxygen atoms in total. The third-order valence-electron chi connectivity index (χ3n) is 3.25. The quantitative estimate of drug-likeness (QED) is 0.894. The van der Waals surface area contributed by atoms with E-state index in [2.05, 4.69) is 10.3 Å². The number of hydrogen-bond donors (Lipinski definition) is 1. The Hall–Kier alpha value is -1.86. The van der Waals surface area contributed by atoms with Crippen molar-refractivity contribution in [3.05, 3.63) is 47.2 Å². The molecule has 0 radical (unpaired) electrons. The number of carbonyl (C=O) groups excluding carboxylic acids is 1. The highest BCUT2D eigenvalue weighted by Crippen LogP contribution is 2.14. The first kappa shape index (κ1) is 16.5. The second-order valence-corrected chi connectivity index (χ2v) is 7.45. The van der Waals surface area contributed by atoms with E-state index in [0.717, 1.165) is 5.56 Å². The molecule has 1 atom stereocenters. The van der Waals surface area contributed by atoms with Gasteiger partial charge in [0.05, 0.1) is 0 Å². The molecule has 0 saturated heterocycles. The lowest BCUT2D eigenvalue weighted by Gasteiger charge is -2.13. The third-order valence-corrected chi connectivity index (χ3v) is 5.55. The van der Waals surface area contributed by atoms with E-state index in [1.54, 1.807) is 31.3 Å². The lowest BCUT2D eigenvalue weighted by molar-refractivity contribution is -0.120. The standard InChI is InChI=1S/C14H16ClN3O3S/c1-10(22(20,21)14-16-7-8-18(14)2)13(19)17-9-11-3-5-12(15)6-4-11/h3-8,10H,9H2,1-2H3,(H,17,19). The lowest BCUT2D eigenvalue weighted by Crippen LogP contribution is -2.38. The predicted octanol–water partition coefficient (Wildman–Crippen LogP) is 1.55. The van der Waals surface area contributed by atoms with Crippen LogP contribution in [0.3, 0.4) is 0 Å². The van der Waals surface area contributed by atoms with Crippen molar-refractivity contribution >= 4 is 27.3 Å². The Morgan fingerprint density at radius 2 is 2.00 bits per heavy atom. The van der Waals surface area contributed by atoms with Crippen molar-refractivity contribution in [3.8, 4) is 0 Å². The third kappa shape index (κ3) is 3.48. The number of nitrogens with one attached hydrogen (secondary N) is 1. The minimum Gasteiger partial charge on any atom is -0.351 e. The number of nitrogens with zero attached hydrogens (tertiary/aromatic N) is 2. The maximum Gasteiger partial charge on any atom is 0.238 e. The Kier molecular flexibility index (Phi) is 4.87. The SMILES string of the molecule is CC(C(=O)NCc1ccc(Cl)cc1)S(=O)(=O)c1nccn1C. The number of aromatic nitrogens is 2. The first-order valence-corrected chi connectivity index (χ1v) is 8.48. The monoisotopic (exact) mass is 341 g/mol. The number of rotatable bonds is 5. The molecule has 22 heavy (non-hydrogen) atoms. The Labute approximate surface area is 134 Å². The normalized spacial score (nSPS) is 12.9. The van der Waals surface area contributed by atoms with Crippen LogP contribution >= 0.6 is 11.6 Å². The summed E-state index contributed by atoms with van der Waals surface area (Å²) >= 11 is 5.78.